The first-order chi connectivity index (χ1) is 3.35. The van der Waals surface area contributed by atoms with E-state index in [-0.39, 0.29) is 0 Å². The van der Waals surface area contributed by atoms with Crippen LogP contribution in [0.4, 0.5) is 0 Å². The van der Waals surface area contributed by atoms with Crippen molar-refractivity contribution < 1.29 is 0 Å². The third-order valence-electron chi connectivity index (χ3n) is 1.23. The molecule has 0 spiro atoms. The average Bonchev–Trinajstić information content (AvgIpc) is 1.72. The maximum absolute atomic E-state index is 3.76. The van der Waals surface area contributed by atoms with Gasteiger partial charge in [0.2, 0.25) is 0 Å². The minimum Gasteiger partial charge on any atom is -0.103 e. The van der Waals surface area contributed by atoms with Crippen LogP contribution in [0.25, 0.3) is 0 Å². The molecule has 0 aliphatic carbocycles. The van der Waals surface area contributed by atoms with E-state index < -0.39 is 0 Å². The van der Waals surface area contributed by atoms with Crippen LogP contribution in [0.5, 0.6) is 0 Å². The van der Waals surface area contributed by atoms with Gasteiger partial charge in [-0.05, 0) is 18.8 Å². The van der Waals surface area contributed by atoms with E-state index in [1.54, 1.807) is 0 Å². The number of hydrogen-bond donors (Lipinski definition) is 0. The van der Waals surface area contributed by atoms with Gasteiger partial charge in [-0.15, -0.1) is 6.58 Å². The van der Waals surface area contributed by atoms with Gasteiger partial charge in [-0.3, -0.25) is 0 Å². The SMILES string of the molecule is [CH2]CC(C=C)CC. The van der Waals surface area contributed by atoms with Crippen molar-refractivity contribution in [3.05, 3.63) is 19.6 Å². The number of allylic oxidation sites excluding steroid dienone is 1. The monoisotopic (exact) mass is 97.1 g/mol. The highest BCUT2D eigenvalue weighted by atomic mass is 14.0. The van der Waals surface area contributed by atoms with Crippen LogP contribution in [0.15, 0.2) is 12.7 Å². The Kier molecular flexibility index (Phi) is 3.77. The van der Waals surface area contributed by atoms with Crippen molar-refractivity contribution in [3.8, 4) is 0 Å². The largest absolute Gasteiger partial charge is 0.103 e. The molecule has 0 rings (SSSR count). The van der Waals surface area contributed by atoms with Gasteiger partial charge >= 0.3 is 0 Å². The molecule has 1 radical (unpaired) electrons. The van der Waals surface area contributed by atoms with Crippen molar-refractivity contribution in [1.29, 1.82) is 0 Å². The van der Waals surface area contributed by atoms with Crippen LogP contribution in [0.3, 0.4) is 0 Å². The quantitative estimate of drug-likeness (QED) is 0.474. The van der Waals surface area contributed by atoms with Gasteiger partial charge in [-0.25, -0.2) is 0 Å². The molecule has 1 unspecified atom stereocenters. The third-order valence-corrected chi connectivity index (χ3v) is 1.23. The second-order valence-corrected chi connectivity index (χ2v) is 1.69. The van der Waals surface area contributed by atoms with Crippen molar-refractivity contribution in [2.24, 2.45) is 5.92 Å². The second-order valence-electron chi connectivity index (χ2n) is 1.69. The lowest BCUT2D eigenvalue weighted by molar-refractivity contribution is 0.638. The van der Waals surface area contributed by atoms with Gasteiger partial charge in [0.05, 0.1) is 0 Å². The fourth-order valence-electron chi connectivity index (χ4n) is 0.489. The molecule has 0 saturated carbocycles. The van der Waals surface area contributed by atoms with Crippen LogP contribution in [0.2, 0.25) is 0 Å². The van der Waals surface area contributed by atoms with E-state index in [1.807, 2.05) is 6.08 Å². The molecule has 0 nitrogen and oxygen atoms in total. The van der Waals surface area contributed by atoms with Crippen molar-refractivity contribution >= 4 is 0 Å². The van der Waals surface area contributed by atoms with Crippen molar-refractivity contribution in [3.63, 3.8) is 0 Å². The highest BCUT2D eigenvalue weighted by molar-refractivity contribution is 4.77. The molecule has 0 bridgehead atoms. The molecule has 0 aromatic heterocycles. The summed E-state index contributed by atoms with van der Waals surface area (Å²) in [7, 11) is 0. The predicted octanol–water partition coefficient (Wildman–Crippen LogP) is 2.42. The minimum absolute atomic E-state index is 0.639. The molecule has 0 aliphatic heterocycles. The molecule has 0 amide bonds. The summed E-state index contributed by atoms with van der Waals surface area (Å²) < 4.78 is 0. The molecule has 0 aliphatic rings. The normalized spacial score (nSPS) is 9.57. The lowest BCUT2D eigenvalue weighted by Crippen LogP contribution is -1.88. The van der Waals surface area contributed by atoms with Crippen molar-refractivity contribution in [1.82, 2.24) is 0 Å². The van der Waals surface area contributed by atoms with E-state index in [4.69, 9.17) is 0 Å². The first-order valence-corrected chi connectivity index (χ1v) is 2.77. The molecule has 0 fully saturated rings. The maximum atomic E-state index is 3.76. The summed E-state index contributed by atoms with van der Waals surface area (Å²) in [5, 5.41) is 0. The Morgan fingerprint density at radius 1 is 1.71 bits per heavy atom. The molecular weight excluding hydrogens is 84.1 g/mol. The summed E-state index contributed by atoms with van der Waals surface area (Å²) in [6, 6.07) is 0. The molecule has 1 atom stereocenters. The molecule has 7 heavy (non-hydrogen) atoms. The Balaban J connectivity index is 3.16. The molecule has 41 valence electrons. The Labute approximate surface area is 46.2 Å². The third kappa shape index (κ3) is 2.44. The first kappa shape index (κ1) is 6.74. The van der Waals surface area contributed by atoms with Crippen molar-refractivity contribution in [2.75, 3.05) is 0 Å². The highest BCUT2D eigenvalue weighted by Gasteiger charge is 1.92. The smallest absolute Gasteiger partial charge is 0.0239 e. The summed E-state index contributed by atoms with van der Waals surface area (Å²) in [4.78, 5) is 0. The van der Waals surface area contributed by atoms with Gasteiger partial charge in [-0.2, -0.15) is 0 Å². The molecule has 0 heterocycles. The predicted molar refractivity (Wildman–Crippen MR) is 34.0 cm³/mol. The fourth-order valence-corrected chi connectivity index (χ4v) is 0.489. The molecule has 0 heteroatoms. The zero-order valence-electron chi connectivity index (χ0n) is 4.98. The van der Waals surface area contributed by atoms with Gasteiger partial charge in [0.1, 0.15) is 0 Å². The van der Waals surface area contributed by atoms with Gasteiger partial charge in [-0.1, -0.05) is 19.9 Å². The zero-order valence-corrected chi connectivity index (χ0v) is 4.98. The van der Waals surface area contributed by atoms with Gasteiger partial charge in [0.15, 0.2) is 0 Å². The summed E-state index contributed by atoms with van der Waals surface area (Å²) in [5.41, 5.74) is 0. The number of hydrogen-bond acceptors (Lipinski definition) is 0. The maximum Gasteiger partial charge on any atom is -0.0239 e. The number of rotatable bonds is 3. The van der Waals surface area contributed by atoms with Crippen LogP contribution in [0.1, 0.15) is 19.8 Å². The Hall–Kier alpha value is -0.260. The zero-order chi connectivity index (χ0) is 5.70. The summed E-state index contributed by atoms with van der Waals surface area (Å²) in [5.74, 6) is 0.639. The Morgan fingerprint density at radius 3 is 2.29 bits per heavy atom. The van der Waals surface area contributed by atoms with E-state index in [1.165, 1.54) is 6.42 Å². The molecule has 0 aromatic rings. The summed E-state index contributed by atoms with van der Waals surface area (Å²) in [6.07, 6.45) is 4.12. The molecular formula is C7H13. The summed E-state index contributed by atoms with van der Waals surface area (Å²) >= 11 is 0. The highest BCUT2D eigenvalue weighted by Crippen LogP contribution is 2.05. The van der Waals surface area contributed by atoms with Crippen LogP contribution < -0.4 is 0 Å². The standard InChI is InChI=1S/C7H13/c1-4-7(5-2)6-3/h4,7H,1-2,5-6H2,3H3. The topological polar surface area (TPSA) is 0 Å². The lowest BCUT2D eigenvalue weighted by Gasteiger charge is -2.01. The van der Waals surface area contributed by atoms with Crippen molar-refractivity contribution in [2.45, 2.75) is 19.8 Å². The van der Waals surface area contributed by atoms with E-state index in [0.717, 1.165) is 6.42 Å². The minimum atomic E-state index is 0.639. The molecule has 0 saturated heterocycles. The first-order valence-electron chi connectivity index (χ1n) is 2.77. The van der Waals surface area contributed by atoms with Gasteiger partial charge in [0.25, 0.3) is 0 Å². The van der Waals surface area contributed by atoms with Gasteiger partial charge < -0.3 is 0 Å². The van der Waals surface area contributed by atoms with E-state index in [2.05, 4.69) is 20.4 Å². The van der Waals surface area contributed by atoms with Gasteiger partial charge in [0, 0.05) is 0 Å². The molecule has 0 aromatic carbocycles. The van der Waals surface area contributed by atoms with E-state index >= 15 is 0 Å². The molecule has 0 N–H and O–H groups in total. The van der Waals surface area contributed by atoms with Crippen LogP contribution in [-0.4, -0.2) is 0 Å². The average molecular weight is 97.2 g/mol. The Morgan fingerprint density at radius 2 is 2.29 bits per heavy atom. The Bertz CT molecular complexity index is 42.0. The van der Waals surface area contributed by atoms with Crippen LogP contribution in [-0.2, 0) is 0 Å². The second kappa shape index (κ2) is 3.91. The summed E-state index contributed by atoms with van der Waals surface area (Å²) in [6.45, 7) is 9.57. The van der Waals surface area contributed by atoms with Crippen LogP contribution in [0, 0.1) is 12.8 Å². The van der Waals surface area contributed by atoms with Crippen LogP contribution >= 0.6 is 0 Å². The fraction of sp³-hybridized carbons (Fsp3) is 0.571. The van der Waals surface area contributed by atoms with E-state index in [9.17, 15) is 0 Å². The lowest BCUT2D eigenvalue weighted by atomic mass is 10.0. The van der Waals surface area contributed by atoms with E-state index in [0.29, 0.717) is 5.92 Å².